The van der Waals surface area contributed by atoms with Crippen LogP contribution in [0.5, 0.6) is 0 Å². The molecule has 0 unspecified atom stereocenters. The molecule has 0 amide bonds. The Kier molecular flexibility index (Phi) is 2.53. The number of nitrogens with one attached hydrogen (secondary N) is 1. The van der Waals surface area contributed by atoms with Crippen molar-refractivity contribution < 1.29 is 13.2 Å². The zero-order valence-corrected chi connectivity index (χ0v) is 10.5. The number of nitrogen functional groups attached to an aromatic ring is 1. The molecule has 0 atom stereocenters. The van der Waals surface area contributed by atoms with Crippen molar-refractivity contribution in [2.75, 3.05) is 5.73 Å². The lowest BCUT2D eigenvalue weighted by atomic mass is 10.1. The average Bonchev–Trinajstić information content (AvgIpc) is 2.93. The standard InChI is InChI=1S/C13H11F3N4/c1-20-12(17)6-10(19-20)7-3-2-4-9-8(7)5-11(18-9)13(14,15)16/h2-6,18H,17H2,1H3. The summed E-state index contributed by atoms with van der Waals surface area (Å²) in [4.78, 5) is 2.38. The van der Waals surface area contributed by atoms with E-state index in [1.165, 1.54) is 4.68 Å². The van der Waals surface area contributed by atoms with Crippen LogP contribution in [0.1, 0.15) is 5.69 Å². The summed E-state index contributed by atoms with van der Waals surface area (Å²) in [5.74, 6) is 0.448. The summed E-state index contributed by atoms with van der Waals surface area (Å²) in [6.07, 6.45) is -4.40. The number of halogens is 3. The van der Waals surface area contributed by atoms with Crippen molar-refractivity contribution in [1.82, 2.24) is 14.8 Å². The number of hydrogen-bond donors (Lipinski definition) is 2. The summed E-state index contributed by atoms with van der Waals surface area (Å²) in [6.45, 7) is 0. The lowest BCUT2D eigenvalue weighted by Gasteiger charge is -2.00. The Bertz CT molecular complexity index is 763. The largest absolute Gasteiger partial charge is 0.431 e. The maximum Gasteiger partial charge on any atom is 0.431 e. The van der Waals surface area contributed by atoms with Crippen molar-refractivity contribution >= 4 is 16.7 Å². The van der Waals surface area contributed by atoms with Crippen molar-refractivity contribution in [2.24, 2.45) is 7.05 Å². The smallest absolute Gasteiger partial charge is 0.384 e. The Morgan fingerprint density at radius 3 is 2.60 bits per heavy atom. The van der Waals surface area contributed by atoms with Gasteiger partial charge in [0.1, 0.15) is 11.5 Å². The highest BCUT2D eigenvalue weighted by atomic mass is 19.4. The second-order valence-corrected chi connectivity index (χ2v) is 4.53. The van der Waals surface area contributed by atoms with Gasteiger partial charge in [0.25, 0.3) is 0 Å². The molecule has 0 radical (unpaired) electrons. The Hall–Kier alpha value is -2.44. The molecule has 20 heavy (non-hydrogen) atoms. The van der Waals surface area contributed by atoms with Crippen molar-refractivity contribution in [3.8, 4) is 11.3 Å². The van der Waals surface area contributed by atoms with Gasteiger partial charge < -0.3 is 10.7 Å². The van der Waals surface area contributed by atoms with E-state index in [0.717, 1.165) is 6.07 Å². The van der Waals surface area contributed by atoms with Crippen LogP contribution in [-0.2, 0) is 13.2 Å². The van der Waals surface area contributed by atoms with Crippen molar-refractivity contribution in [3.63, 3.8) is 0 Å². The summed E-state index contributed by atoms with van der Waals surface area (Å²) in [7, 11) is 1.68. The average molecular weight is 280 g/mol. The van der Waals surface area contributed by atoms with Gasteiger partial charge >= 0.3 is 6.18 Å². The van der Waals surface area contributed by atoms with Gasteiger partial charge in [-0.2, -0.15) is 18.3 Å². The molecule has 3 rings (SSSR count). The number of alkyl halides is 3. The van der Waals surface area contributed by atoms with Crippen LogP contribution in [-0.4, -0.2) is 14.8 Å². The summed E-state index contributed by atoms with van der Waals surface area (Å²) >= 11 is 0. The van der Waals surface area contributed by atoms with Crippen LogP contribution in [0.3, 0.4) is 0 Å². The second-order valence-electron chi connectivity index (χ2n) is 4.53. The van der Waals surface area contributed by atoms with Crippen LogP contribution in [0, 0.1) is 0 Å². The molecular formula is C13H11F3N4. The number of aromatic amines is 1. The van der Waals surface area contributed by atoms with Crippen molar-refractivity contribution in [3.05, 3.63) is 36.0 Å². The minimum Gasteiger partial charge on any atom is -0.384 e. The van der Waals surface area contributed by atoms with E-state index in [9.17, 15) is 13.2 Å². The number of hydrogen-bond acceptors (Lipinski definition) is 2. The maximum absolute atomic E-state index is 12.8. The molecule has 0 bridgehead atoms. The Morgan fingerprint density at radius 1 is 1.25 bits per heavy atom. The topological polar surface area (TPSA) is 59.6 Å². The number of anilines is 1. The molecule has 0 aliphatic carbocycles. The molecule has 3 N–H and O–H groups in total. The van der Waals surface area contributed by atoms with Gasteiger partial charge in [0, 0.05) is 29.6 Å². The van der Waals surface area contributed by atoms with Gasteiger partial charge in [-0.25, -0.2) is 0 Å². The van der Waals surface area contributed by atoms with E-state index in [-0.39, 0.29) is 0 Å². The van der Waals surface area contributed by atoms with E-state index < -0.39 is 11.9 Å². The van der Waals surface area contributed by atoms with Gasteiger partial charge in [-0.1, -0.05) is 12.1 Å². The van der Waals surface area contributed by atoms with E-state index in [4.69, 9.17) is 5.73 Å². The number of benzene rings is 1. The first-order valence-electron chi connectivity index (χ1n) is 5.85. The number of nitrogens with two attached hydrogens (primary N) is 1. The third kappa shape index (κ3) is 1.91. The fourth-order valence-electron chi connectivity index (χ4n) is 2.14. The summed E-state index contributed by atoms with van der Waals surface area (Å²) in [5, 5.41) is 4.67. The Labute approximate surface area is 112 Å². The second kappa shape index (κ2) is 4.03. The number of rotatable bonds is 1. The highest BCUT2D eigenvalue weighted by Crippen LogP contribution is 2.35. The molecule has 3 aromatic rings. The van der Waals surface area contributed by atoms with Gasteiger partial charge in [-0.3, -0.25) is 4.68 Å². The SMILES string of the molecule is Cn1nc(-c2cccc3[nH]c(C(F)(F)F)cc23)cc1N. The van der Waals surface area contributed by atoms with E-state index >= 15 is 0 Å². The minimum atomic E-state index is -4.40. The normalized spacial score (nSPS) is 12.2. The first-order chi connectivity index (χ1) is 9.36. The molecule has 2 aromatic heterocycles. The molecule has 0 spiro atoms. The van der Waals surface area contributed by atoms with Gasteiger partial charge in [0.2, 0.25) is 0 Å². The zero-order valence-electron chi connectivity index (χ0n) is 10.5. The number of aromatic nitrogens is 3. The Balaban J connectivity index is 2.23. The van der Waals surface area contributed by atoms with Crippen molar-refractivity contribution in [2.45, 2.75) is 6.18 Å². The monoisotopic (exact) mass is 280 g/mol. The Morgan fingerprint density at radius 2 is 2.00 bits per heavy atom. The third-order valence-corrected chi connectivity index (χ3v) is 3.16. The predicted octanol–water partition coefficient (Wildman–Crippen LogP) is 3.17. The van der Waals surface area contributed by atoms with E-state index in [0.29, 0.717) is 28.0 Å². The third-order valence-electron chi connectivity index (χ3n) is 3.16. The first kappa shape index (κ1) is 12.6. The predicted molar refractivity (Wildman–Crippen MR) is 69.9 cm³/mol. The molecule has 0 aliphatic heterocycles. The highest BCUT2D eigenvalue weighted by molar-refractivity contribution is 5.95. The number of aryl methyl sites for hydroxylation is 1. The molecule has 7 heteroatoms. The zero-order chi connectivity index (χ0) is 14.5. The molecule has 1 aromatic carbocycles. The van der Waals surface area contributed by atoms with Crippen LogP contribution in [0.15, 0.2) is 30.3 Å². The van der Waals surface area contributed by atoms with E-state index in [1.807, 2.05) is 0 Å². The molecule has 4 nitrogen and oxygen atoms in total. The molecule has 0 saturated heterocycles. The molecule has 0 saturated carbocycles. The van der Waals surface area contributed by atoms with E-state index in [2.05, 4.69) is 10.1 Å². The fourth-order valence-corrected chi connectivity index (χ4v) is 2.14. The summed E-state index contributed by atoms with van der Waals surface area (Å²) in [6, 6.07) is 7.72. The molecule has 2 heterocycles. The number of H-pyrrole nitrogens is 1. The van der Waals surface area contributed by atoms with Crippen LogP contribution >= 0.6 is 0 Å². The fraction of sp³-hybridized carbons (Fsp3) is 0.154. The lowest BCUT2D eigenvalue weighted by molar-refractivity contribution is -0.140. The first-order valence-corrected chi connectivity index (χ1v) is 5.85. The van der Waals surface area contributed by atoms with Gasteiger partial charge in [0.15, 0.2) is 0 Å². The van der Waals surface area contributed by atoms with Crippen LogP contribution in [0.2, 0.25) is 0 Å². The number of fused-ring (bicyclic) bond motifs is 1. The highest BCUT2D eigenvalue weighted by Gasteiger charge is 2.32. The van der Waals surface area contributed by atoms with E-state index in [1.54, 1.807) is 31.3 Å². The van der Waals surface area contributed by atoms with Crippen LogP contribution in [0.4, 0.5) is 19.0 Å². The molecule has 104 valence electrons. The molecule has 0 fully saturated rings. The minimum absolute atomic E-state index is 0.416. The molecule has 0 aliphatic rings. The van der Waals surface area contributed by atoms with Crippen LogP contribution < -0.4 is 5.73 Å². The number of nitrogens with zero attached hydrogens (tertiary/aromatic N) is 2. The molecular weight excluding hydrogens is 269 g/mol. The van der Waals surface area contributed by atoms with Crippen LogP contribution in [0.25, 0.3) is 22.2 Å². The van der Waals surface area contributed by atoms with Gasteiger partial charge in [-0.05, 0) is 12.1 Å². The van der Waals surface area contributed by atoms with Gasteiger partial charge in [-0.15, -0.1) is 0 Å². The summed E-state index contributed by atoms with van der Waals surface area (Å²) in [5.41, 5.74) is 6.51. The maximum atomic E-state index is 12.8. The van der Waals surface area contributed by atoms with Crippen molar-refractivity contribution in [1.29, 1.82) is 0 Å². The quantitative estimate of drug-likeness (QED) is 0.719. The van der Waals surface area contributed by atoms with Gasteiger partial charge in [0.05, 0.1) is 5.69 Å². The lowest BCUT2D eigenvalue weighted by Crippen LogP contribution is -2.04. The summed E-state index contributed by atoms with van der Waals surface area (Å²) < 4.78 is 39.8.